The molecule has 0 radical (unpaired) electrons. The third-order valence-electron chi connectivity index (χ3n) is 5.28. The number of aryl methyl sites for hydroxylation is 1. The number of fused-ring (bicyclic) bond motifs is 1. The topological polar surface area (TPSA) is 80.7 Å². The molecule has 1 aromatic heterocycles. The van der Waals surface area contributed by atoms with Gasteiger partial charge in [0.05, 0.1) is 29.5 Å². The van der Waals surface area contributed by atoms with E-state index in [4.69, 9.17) is 9.47 Å². The van der Waals surface area contributed by atoms with Gasteiger partial charge in [-0.25, -0.2) is 14.4 Å². The van der Waals surface area contributed by atoms with E-state index in [0.717, 1.165) is 34.3 Å². The molecule has 0 saturated heterocycles. The molecule has 0 aliphatic heterocycles. The Balaban J connectivity index is 1.77. The average Bonchev–Trinajstić information content (AvgIpc) is 2.81. The van der Waals surface area contributed by atoms with Gasteiger partial charge in [0.1, 0.15) is 23.5 Å². The monoisotopic (exact) mass is 477 g/mol. The van der Waals surface area contributed by atoms with Crippen molar-refractivity contribution >= 4 is 22.3 Å². The zero-order valence-corrected chi connectivity index (χ0v) is 21.1. The van der Waals surface area contributed by atoms with Gasteiger partial charge in [-0.15, -0.1) is 0 Å². The molecule has 2 N–H and O–H groups in total. The fraction of sp³-hybridized carbons (Fsp3) is 0.296. The minimum Gasteiger partial charge on any atom is -0.496 e. The Bertz CT molecular complexity index is 1280. The number of alkyl halides is 1. The first-order valence-electron chi connectivity index (χ1n) is 11.3. The second-order valence-electron chi connectivity index (χ2n) is 8.48. The van der Waals surface area contributed by atoms with E-state index in [1.165, 1.54) is 20.2 Å². The van der Waals surface area contributed by atoms with Crippen molar-refractivity contribution in [3.05, 3.63) is 72.5 Å². The zero-order valence-electron chi connectivity index (χ0n) is 21.1. The van der Waals surface area contributed by atoms with E-state index in [1.54, 1.807) is 20.2 Å². The smallest absolute Gasteiger partial charge is 0.230 e. The first kappa shape index (κ1) is 25.7. The summed E-state index contributed by atoms with van der Waals surface area (Å²) in [4.78, 5) is 12.7. The van der Waals surface area contributed by atoms with Gasteiger partial charge in [0.25, 0.3) is 0 Å². The van der Waals surface area contributed by atoms with Crippen molar-refractivity contribution in [3.8, 4) is 17.4 Å². The predicted octanol–water partition coefficient (Wildman–Crippen LogP) is 6.19. The lowest BCUT2D eigenvalue weighted by molar-refractivity contribution is 0.314. The largest absolute Gasteiger partial charge is 0.496 e. The number of methoxy groups -OCH3 is 1. The van der Waals surface area contributed by atoms with Crippen molar-refractivity contribution in [1.82, 2.24) is 15.3 Å². The van der Waals surface area contributed by atoms with E-state index < -0.39 is 5.67 Å². The summed E-state index contributed by atoms with van der Waals surface area (Å²) < 4.78 is 25.9. The van der Waals surface area contributed by atoms with Crippen LogP contribution in [-0.2, 0) is 6.42 Å². The van der Waals surface area contributed by atoms with Crippen molar-refractivity contribution in [2.75, 3.05) is 19.5 Å². The van der Waals surface area contributed by atoms with Crippen molar-refractivity contribution in [2.24, 2.45) is 4.99 Å². The van der Waals surface area contributed by atoms with Crippen molar-refractivity contribution < 1.29 is 13.9 Å². The maximum absolute atomic E-state index is 14.2. The average molecular weight is 478 g/mol. The van der Waals surface area contributed by atoms with Crippen LogP contribution in [0.15, 0.2) is 71.9 Å². The third kappa shape index (κ3) is 6.56. The van der Waals surface area contributed by atoms with Crippen molar-refractivity contribution in [3.63, 3.8) is 0 Å². The van der Waals surface area contributed by atoms with Crippen LogP contribution >= 0.6 is 0 Å². The summed E-state index contributed by atoms with van der Waals surface area (Å²) in [6.45, 7) is 10.8. The number of ether oxygens (including phenoxy) is 2. The fourth-order valence-electron chi connectivity index (χ4n) is 3.59. The molecule has 8 heteroatoms. The Kier molecular flexibility index (Phi) is 8.06. The van der Waals surface area contributed by atoms with Crippen LogP contribution in [-0.4, -0.2) is 35.5 Å². The third-order valence-corrected chi connectivity index (χ3v) is 5.28. The van der Waals surface area contributed by atoms with Gasteiger partial charge in [-0.05, 0) is 63.1 Å². The van der Waals surface area contributed by atoms with E-state index in [1.807, 2.05) is 43.3 Å². The summed E-state index contributed by atoms with van der Waals surface area (Å²) in [5.41, 5.74) is 2.12. The van der Waals surface area contributed by atoms with E-state index in [9.17, 15) is 4.39 Å². The Morgan fingerprint density at radius 1 is 1.23 bits per heavy atom. The van der Waals surface area contributed by atoms with E-state index >= 15 is 0 Å². The Hall–Kier alpha value is -3.94. The lowest BCUT2D eigenvalue weighted by Gasteiger charge is -2.17. The van der Waals surface area contributed by atoms with Crippen LogP contribution in [0.3, 0.4) is 0 Å². The first-order valence-corrected chi connectivity index (χ1v) is 11.3. The summed E-state index contributed by atoms with van der Waals surface area (Å²) in [6, 6.07) is 11.3. The van der Waals surface area contributed by atoms with Crippen LogP contribution < -0.4 is 20.1 Å². The van der Waals surface area contributed by atoms with Gasteiger partial charge in [0, 0.05) is 24.5 Å². The number of aliphatic imine (C=N–C) groups is 1. The minimum atomic E-state index is -1.54. The maximum atomic E-state index is 14.2. The number of nitrogens with zero attached hydrogens (tertiary/aromatic N) is 3. The quantitative estimate of drug-likeness (QED) is 0.339. The number of aromatic nitrogens is 2. The van der Waals surface area contributed by atoms with Crippen LogP contribution in [0.25, 0.3) is 10.9 Å². The highest BCUT2D eigenvalue weighted by Gasteiger charge is 2.21. The molecule has 0 aliphatic carbocycles. The van der Waals surface area contributed by atoms with Crippen LogP contribution in [0, 0.1) is 0 Å². The number of benzene rings is 2. The van der Waals surface area contributed by atoms with E-state index in [-0.39, 0.29) is 0 Å². The molecule has 2 aromatic carbocycles. The number of hydrogen-bond donors (Lipinski definition) is 2. The lowest BCUT2D eigenvalue weighted by Crippen LogP contribution is -2.26. The highest BCUT2D eigenvalue weighted by Crippen LogP contribution is 2.32. The van der Waals surface area contributed by atoms with Gasteiger partial charge in [-0.2, -0.15) is 0 Å². The lowest BCUT2D eigenvalue weighted by atomic mass is 10.0. The van der Waals surface area contributed by atoms with Crippen molar-refractivity contribution in [2.45, 2.75) is 39.8 Å². The molecule has 35 heavy (non-hydrogen) atoms. The maximum Gasteiger partial charge on any atom is 0.230 e. The molecular weight excluding hydrogens is 445 g/mol. The van der Waals surface area contributed by atoms with Crippen molar-refractivity contribution in [1.29, 1.82) is 0 Å². The predicted molar refractivity (Wildman–Crippen MR) is 140 cm³/mol. The van der Waals surface area contributed by atoms with E-state index in [2.05, 4.69) is 39.1 Å². The standard InChI is InChI=1S/C27H32FN5O2/c1-8-19-13-23-22(15-24(19)34-7)26(31-16-30-23)35-21-11-9-10-20(14-21)33-18(3)32-17(2)12-25(29-6)27(4,5)28/h9-16,32-33H,3,8H2,1-2,4-7H3/b17-12+,29-25?. The second-order valence-corrected chi connectivity index (χ2v) is 8.48. The first-order chi connectivity index (χ1) is 16.6. The van der Waals surface area contributed by atoms with Crippen LogP contribution in [0.5, 0.6) is 17.4 Å². The van der Waals surface area contributed by atoms with Gasteiger partial charge < -0.3 is 20.1 Å². The summed E-state index contributed by atoms with van der Waals surface area (Å²) in [5, 5.41) is 7.06. The molecule has 0 fully saturated rings. The fourth-order valence-corrected chi connectivity index (χ4v) is 3.59. The molecule has 1 heterocycles. The summed E-state index contributed by atoms with van der Waals surface area (Å²) >= 11 is 0. The molecule has 7 nitrogen and oxygen atoms in total. The van der Waals surface area contributed by atoms with Gasteiger partial charge in [0.15, 0.2) is 0 Å². The molecule has 0 bridgehead atoms. The number of allylic oxidation sites excluding steroid dienone is 2. The molecule has 0 spiro atoms. The van der Waals surface area contributed by atoms with Crippen LogP contribution in [0.4, 0.5) is 10.1 Å². The Morgan fingerprint density at radius 3 is 2.66 bits per heavy atom. The molecule has 0 amide bonds. The van der Waals surface area contributed by atoms with Gasteiger partial charge in [0.2, 0.25) is 5.88 Å². The SMILES string of the molecule is C=C(N/C(C)=C/C(=NC)C(C)(C)F)Nc1cccc(Oc2ncnc3cc(CC)c(OC)cc23)c1. The van der Waals surface area contributed by atoms with Gasteiger partial charge in [-0.3, -0.25) is 4.99 Å². The summed E-state index contributed by atoms with van der Waals surface area (Å²) in [7, 11) is 3.21. The number of rotatable bonds is 10. The highest BCUT2D eigenvalue weighted by atomic mass is 19.1. The second kappa shape index (κ2) is 11.0. The summed E-state index contributed by atoms with van der Waals surface area (Å²) in [5.74, 6) is 2.32. The van der Waals surface area contributed by atoms with Gasteiger partial charge in [-0.1, -0.05) is 19.6 Å². The molecule has 3 aromatic rings. The number of halogens is 1. The van der Waals surface area contributed by atoms with Crippen LogP contribution in [0.1, 0.15) is 33.3 Å². The minimum absolute atomic E-state index is 0.338. The molecule has 3 rings (SSSR count). The molecule has 184 valence electrons. The molecule has 0 aliphatic rings. The van der Waals surface area contributed by atoms with Gasteiger partial charge >= 0.3 is 0 Å². The highest BCUT2D eigenvalue weighted by molar-refractivity contribution is 6.01. The zero-order chi connectivity index (χ0) is 25.6. The number of nitrogens with one attached hydrogen (secondary N) is 2. The summed E-state index contributed by atoms with van der Waals surface area (Å²) in [6.07, 6.45) is 3.97. The van der Waals surface area contributed by atoms with E-state index in [0.29, 0.717) is 28.9 Å². The molecular formula is C27H32FN5O2. The molecule has 0 unspecified atom stereocenters. The number of anilines is 1. The Morgan fingerprint density at radius 2 is 2.00 bits per heavy atom. The Labute approximate surface area is 205 Å². The normalized spacial score (nSPS) is 12.4. The van der Waals surface area contributed by atoms with Crippen LogP contribution in [0.2, 0.25) is 0 Å². The molecule has 0 atom stereocenters. The number of hydrogen-bond acceptors (Lipinski definition) is 7. The molecule has 0 saturated carbocycles.